The maximum atomic E-state index is 13.2. The van der Waals surface area contributed by atoms with E-state index in [0.29, 0.717) is 13.0 Å². The van der Waals surface area contributed by atoms with E-state index in [9.17, 15) is 9.18 Å². The topological polar surface area (TPSA) is 40.5 Å². The molecule has 0 spiro atoms. The van der Waals surface area contributed by atoms with Gasteiger partial charge in [-0.3, -0.25) is 4.79 Å². The molecule has 1 fully saturated rings. The molecule has 0 saturated carbocycles. The summed E-state index contributed by atoms with van der Waals surface area (Å²) in [7, 11) is 0. The Morgan fingerprint density at radius 1 is 1.69 bits per heavy atom. The number of carbonyl (C=O) groups excluding carboxylic acids is 1. The first-order valence-corrected chi connectivity index (χ1v) is 4.63. The van der Waals surface area contributed by atoms with E-state index in [2.05, 4.69) is 0 Å². The molecule has 4 heteroatoms. The molecular formula is C9H16FNO2. The lowest BCUT2D eigenvalue weighted by atomic mass is 9.97. The largest absolute Gasteiger partial charge is 0.384 e. The summed E-state index contributed by atoms with van der Waals surface area (Å²) in [5.74, 6) is -0.340. The smallest absolute Gasteiger partial charge is 0.251 e. The molecule has 1 amide bonds. The standard InChI is InChI=1S/C9H16FNO2/c1-6-3-4-11(5-8(6)10)9(13)7(2)12/h6-8,12H,3-5H2,1-2H3/t6?,7-,8?/m0/s1. The molecule has 1 rings (SSSR count). The van der Waals surface area contributed by atoms with Crippen LogP contribution in [-0.4, -0.2) is 41.3 Å². The Balaban J connectivity index is 2.50. The Bertz CT molecular complexity index is 196. The highest BCUT2D eigenvalue weighted by Gasteiger charge is 2.29. The third kappa shape index (κ3) is 2.40. The van der Waals surface area contributed by atoms with E-state index in [4.69, 9.17) is 5.11 Å². The summed E-state index contributed by atoms with van der Waals surface area (Å²) in [4.78, 5) is 12.7. The molecule has 1 aliphatic rings. The van der Waals surface area contributed by atoms with Crippen molar-refractivity contribution in [1.82, 2.24) is 4.90 Å². The van der Waals surface area contributed by atoms with Crippen molar-refractivity contribution in [3.63, 3.8) is 0 Å². The number of rotatable bonds is 1. The van der Waals surface area contributed by atoms with Crippen molar-refractivity contribution < 1.29 is 14.3 Å². The van der Waals surface area contributed by atoms with E-state index in [0.717, 1.165) is 0 Å². The maximum absolute atomic E-state index is 13.2. The first kappa shape index (κ1) is 10.4. The number of alkyl halides is 1. The number of hydrogen-bond donors (Lipinski definition) is 1. The number of nitrogens with zero attached hydrogens (tertiary/aromatic N) is 1. The highest BCUT2D eigenvalue weighted by atomic mass is 19.1. The number of halogens is 1. The van der Waals surface area contributed by atoms with Gasteiger partial charge in [-0.1, -0.05) is 6.92 Å². The van der Waals surface area contributed by atoms with Crippen molar-refractivity contribution >= 4 is 5.91 Å². The minimum Gasteiger partial charge on any atom is -0.384 e. The number of aliphatic hydroxyl groups is 1. The average molecular weight is 189 g/mol. The van der Waals surface area contributed by atoms with Crippen molar-refractivity contribution in [3.8, 4) is 0 Å². The zero-order valence-corrected chi connectivity index (χ0v) is 8.03. The van der Waals surface area contributed by atoms with Gasteiger partial charge < -0.3 is 10.0 Å². The monoisotopic (exact) mass is 189 g/mol. The Hall–Kier alpha value is -0.640. The van der Waals surface area contributed by atoms with Gasteiger partial charge in [0.15, 0.2) is 0 Å². The molecule has 3 nitrogen and oxygen atoms in total. The molecule has 1 N–H and O–H groups in total. The van der Waals surface area contributed by atoms with Crippen LogP contribution in [0.1, 0.15) is 20.3 Å². The van der Waals surface area contributed by atoms with Gasteiger partial charge >= 0.3 is 0 Å². The lowest BCUT2D eigenvalue weighted by molar-refractivity contribution is -0.142. The minimum absolute atomic E-state index is 0.0260. The van der Waals surface area contributed by atoms with E-state index in [1.807, 2.05) is 6.92 Å². The molecule has 0 bridgehead atoms. The highest BCUT2D eigenvalue weighted by molar-refractivity contribution is 5.80. The molecule has 0 aromatic carbocycles. The second-order valence-corrected chi connectivity index (χ2v) is 3.74. The van der Waals surface area contributed by atoms with E-state index < -0.39 is 12.3 Å². The van der Waals surface area contributed by atoms with E-state index in [1.54, 1.807) is 0 Å². The van der Waals surface area contributed by atoms with Gasteiger partial charge in [-0.25, -0.2) is 4.39 Å². The second-order valence-electron chi connectivity index (χ2n) is 3.74. The van der Waals surface area contributed by atoms with Crippen molar-refractivity contribution in [1.29, 1.82) is 0 Å². The Morgan fingerprint density at radius 2 is 2.31 bits per heavy atom. The normalized spacial score (nSPS) is 31.5. The molecule has 0 aromatic rings. The first-order valence-electron chi connectivity index (χ1n) is 4.63. The molecule has 1 aliphatic heterocycles. The number of amides is 1. The molecule has 0 radical (unpaired) electrons. The molecular weight excluding hydrogens is 173 g/mol. The van der Waals surface area contributed by atoms with E-state index in [1.165, 1.54) is 11.8 Å². The van der Waals surface area contributed by atoms with Crippen LogP contribution >= 0.6 is 0 Å². The average Bonchev–Trinajstić information content (AvgIpc) is 2.08. The van der Waals surface area contributed by atoms with Crippen LogP contribution in [0.2, 0.25) is 0 Å². The summed E-state index contributed by atoms with van der Waals surface area (Å²) >= 11 is 0. The van der Waals surface area contributed by atoms with Crippen molar-refractivity contribution in [3.05, 3.63) is 0 Å². The van der Waals surface area contributed by atoms with Crippen molar-refractivity contribution in [2.24, 2.45) is 5.92 Å². The Labute approximate surface area is 77.5 Å². The fraction of sp³-hybridized carbons (Fsp3) is 0.889. The van der Waals surface area contributed by atoms with Crippen LogP contribution in [0, 0.1) is 5.92 Å². The fourth-order valence-corrected chi connectivity index (χ4v) is 1.49. The van der Waals surface area contributed by atoms with Crippen LogP contribution in [0.4, 0.5) is 4.39 Å². The molecule has 76 valence electrons. The predicted molar refractivity (Wildman–Crippen MR) is 46.9 cm³/mol. The molecule has 0 aliphatic carbocycles. The number of hydrogen-bond acceptors (Lipinski definition) is 2. The SMILES string of the molecule is CC1CCN(C(=O)[C@H](C)O)CC1F. The van der Waals surface area contributed by atoms with E-state index >= 15 is 0 Å². The van der Waals surface area contributed by atoms with Crippen LogP contribution in [-0.2, 0) is 4.79 Å². The number of likely N-dealkylation sites (tertiary alicyclic amines) is 1. The van der Waals surface area contributed by atoms with Gasteiger partial charge in [-0.05, 0) is 19.3 Å². The summed E-state index contributed by atoms with van der Waals surface area (Å²) < 4.78 is 13.2. The third-order valence-corrected chi connectivity index (χ3v) is 2.54. The number of piperidine rings is 1. The van der Waals surface area contributed by atoms with Crippen LogP contribution in [0.15, 0.2) is 0 Å². The molecule has 1 heterocycles. The van der Waals surface area contributed by atoms with Gasteiger partial charge in [-0.15, -0.1) is 0 Å². The minimum atomic E-state index is -1.01. The van der Waals surface area contributed by atoms with Crippen molar-refractivity contribution in [2.45, 2.75) is 32.5 Å². The van der Waals surface area contributed by atoms with Gasteiger partial charge in [0.1, 0.15) is 12.3 Å². The Morgan fingerprint density at radius 3 is 2.77 bits per heavy atom. The molecule has 2 unspecified atom stereocenters. The van der Waals surface area contributed by atoms with Crippen LogP contribution in [0.5, 0.6) is 0 Å². The van der Waals surface area contributed by atoms with Gasteiger partial charge in [0.05, 0.1) is 6.54 Å². The number of carbonyl (C=O) groups is 1. The van der Waals surface area contributed by atoms with Crippen LogP contribution in [0.25, 0.3) is 0 Å². The summed E-state index contributed by atoms with van der Waals surface area (Å²) in [6, 6.07) is 0. The van der Waals surface area contributed by atoms with Gasteiger partial charge in [0.2, 0.25) is 0 Å². The lowest BCUT2D eigenvalue weighted by Crippen LogP contribution is -2.47. The van der Waals surface area contributed by atoms with Crippen LogP contribution < -0.4 is 0 Å². The molecule has 0 aromatic heterocycles. The lowest BCUT2D eigenvalue weighted by Gasteiger charge is -2.33. The first-order chi connectivity index (χ1) is 6.02. The zero-order chi connectivity index (χ0) is 10.0. The van der Waals surface area contributed by atoms with Crippen molar-refractivity contribution in [2.75, 3.05) is 13.1 Å². The molecule has 13 heavy (non-hydrogen) atoms. The third-order valence-electron chi connectivity index (χ3n) is 2.54. The quantitative estimate of drug-likeness (QED) is 0.655. The summed E-state index contributed by atoms with van der Waals surface area (Å²) in [6.45, 7) is 3.94. The maximum Gasteiger partial charge on any atom is 0.251 e. The van der Waals surface area contributed by atoms with Gasteiger partial charge in [-0.2, -0.15) is 0 Å². The molecule has 1 saturated heterocycles. The van der Waals surface area contributed by atoms with Gasteiger partial charge in [0.25, 0.3) is 5.91 Å². The molecule has 3 atom stereocenters. The summed E-state index contributed by atoms with van der Waals surface area (Å²) in [5, 5.41) is 9.01. The van der Waals surface area contributed by atoms with Crippen LogP contribution in [0.3, 0.4) is 0 Å². The Kier molecular flexibility index (Phi) is 3.25. The van der Waals surface area contributed by atoms with Gasteiger partial charge in [0, 0.05) is 6.54 Å². The number of aliphatic hydroxyl groups excluding tert-OH is 1. The zero-order valence-electron chi connectivity index (χ0n) is 8.03. The summed E-state index contributed by atoms with van der Waals surface area (Å²) in [6.07, 6.45) is -1.28. The predicted octanol–water partition coefficient (Wildman–Crippen LogP) is 0.574. The van der Waals surface area contributed by atoms with E-state index in [-0.39, 0.29) is 18.4 Å². The highest BCUT2D eigenvalue weighted by Crippen LogP contribution is 2.20. The fourth-order valence-electron chi connectivity index (χ4n) is 1.49. The summed E-state index contributed by atoms with van der Waals surface area (Å²) in [5.41, 5.74) is 0. The second kappa shape index (κ2) is 4.05.